The van der Waals surface area contributed by atoms with E-state index >= 15 is 0 Å². The minimum Gasteiger partial charge on any atom is -0.381 e. The number of amides is 2. The van der Waals surface area contributed by atoms with Gasteiger partial charge < -0.3 is 15.2 Å². The van der Waals surface area contributed by atoms with Crippen LogP contribution in [0.5, 0.6) is 0 Å². The lowest BCUT2D eigenvalue weighted by molar-refractivity contribution is -0.130. The number of primary amides is 1. The van der Waals surface area contributed by atoms with Gasteiger partial charge in [-0.25, -0.2) is 0 Å². The molecule has 2 heterocycles. The number of anilines is 1. The minimum absolute atomic E-state index is 0.0389. The highest BCUT2D eigenvalue weighted by molar-refractivity contribution is 6.03. The quantitative estimate of drug-likeness (QED) is 0.884. The van der Waals surface area contributed by atoms with E-state index in [1.54, 1.807) is 0 Å². The van der Waals surface area contributed by atoms with Crippen LogP contribution < -0.4 is 10.6 Å². The number of benzene rings is 1. The molecule has 3 rings (SSSR count). The topological polar surface area (TPSA) is 81.9 Å². The Labute approximate surface area is 129 Å². The fourth-order valence-electron chi connectivity index (χ4n) is 3.02. The molecule has 1 atom stereocenters. The summed E-state index contributed by atoms with van der Waals surface area (Å²) in [5.41, 5.74) is 7.17. The Kier molecular flexibility index (Phi) is 4.40. The standard InChI is InChI=1S/C16H20N2O4/c17-16(20)14-9-11-3-1-2-4-13(11)18(14)15(19)10-22-12-5-7-21-8-6-12/h1-4,12,14H,5-10H2,(H2,17,20)/t14-/m0/s1. The first kappa shape index (κ1) is 15.0. The predicted molar refractivity (Wildman–Crippen MR) is 80.4 cm³/mol. The highest BCUT2D eigenvalue weighted by atomic mass is 16.5. The molecule has 2 N–H and O–H groups in total. The van der Waals surface area contributed by atoms with Gasteiger partial charge in [0.2, 0.25) is 5.91 Å². The molecule has 0 aromatic heterocycles. The Balaban J connectivity index is 1.70. The largest absolute Gasteiger partial charge is 0.381 e. The number of carbonyl (C=O) groups excluding carboxylic acids is 2. The number of fused-ring (bicyclic) bond motifs is 1. The van der Waals surface area contributed by atoms with Gasteiger partial charge in [0, 0.05) is 25.3 Å². The number of hydrogen-bond donors (Lipinski definition) is 1. The van der Waals surface area contributed by atoms with Gasteiger partial charge in [-0.05, 0) is 24.5 Å². The molecule has 6 heteroatoms. The molecule has 1 saturated heterocycles. The first-order valence-electron chi connectivity index (χ1n) is 7.55. The summed E-state index contributed by atoms with van der Waals surface area (Å²) in [5, 5.41) is 0. The van der Waals surface area contributed by atoms with Crippen LogP contribution in [0.3, 0.4) is 0 Å². The second-order valence-corrected chi connectivity index (χ2v) is 5.64. The van der Waals surface area contributed by atoms with Crippen LogP contribution in [0.1, 0.15) is 18.4 Å². The zero-order valence-corrected chi connectivity index (χ0v) is 12.4. The third-order valence-corrected chi connectivity index (χ3v) is 4.18. The Bertz CT molecular complexity index is 569. The molecule has 0 aliphatic carbocycles. The van der Waals surface area contributed by atoms with Crippen molar-refractivity contribution < 1.29 is 19.1 Å². The highest BCUT2D eigenvalue weighted by Crippen LogP contribution is 2.32. The zero-order valence-electron chi connectivity index (χ0n) is 12.4. The van der Waals surface area contributed by atoms with Crippen molar-refractivity contribution in [2.75, 3.05) is 24.7 Å². The van der Waals surface area contributed by atoms with Gasteiger partial charge in [0.1, 0.15) is 12.6 Å². The lowest BCUT2D eigenvalue weighted by Gasteiger charge is -2.26. The molecule has 0 radical (unpaired) electrons. The fraction of sp³-hybridized carbons (Fsp3) is 0.500. The van der Waals surface area contributed by atoms with Crippen LogP contribution in [-0.4, -0.2) is 43.8 Å². The van der Waals surface area contributed by atoms with Crippen molar-refractivity contribution in [2.24, 2.45) is 5.73 Å². The van der Waals surface area contributed by atoms with Crippen molar-refractivity contribution in [2.45, 2.75) is 31.4 Å². The molecule has 1 aromatic rings. The van der Waals surface area contributed by atoms with Crippen molar-refractivity contribution in [1.29, 1.82) is 0 Å². The minimum atomic E-state index is -0.622. The van der Waals surface area contributed by atoms with Gasteiger partial charge in [-0.2, -0.15) is 0 Å². The molecule has 2 aliphatic heterocycles. The first-order chi connectivity index (χ1) is 10.7. The second kappa shape index (κ2) is 6.46. The third kappa shape index (κ3) is 2.98. The fourth-order valence-corrected chi connectivity index (χ4v) is 3.02. The van der Waals surface area contributed by atoms with Crippen LogP contribution in [-0.2, 0) is 25.5 Å². The van der Waals surface area contributed by atoms with Crippen LogP contribution in [0.15, 0.2) is 24.3 Å². The second-order valence-electron chi connectivity index (χ2n) is 5.64. The smallest absolute Gasteiger partial charge is 0.253 e. The molecule has 118 valence electrons. The van der Waals surface area contributed by atoms with Crippen LogP contribution >= 0.6 is 0 Å². The summed E-state index contributed by atoms with van der Waals surface area (Å²) in [5.74, 6) is -0.712. The van der Waals surface area contributed by atoms with Gasteiger partial charge in [0.25, 0.3) is 5.91 Å². The van der Waals surface area contributed by atoms with Crippen LogP contribution in [0.25, 0.3) is 0 Å². The summed E-state index contributed by atoms with van der Waals surface area (Å²) in [4.78, 5) is 25.7. The summed E-state index contributed by atoms with van der Waals surface area (Å²) < 4.78 is 10.9. The average molecular weight is 304 g/mol. The maximum absolute atomic E-state index is 12.5. The summed E-state index contributed by atoms with van der Waals surface area (Å²) in [7, 11) is 0. The Hall–Kier alpha value is -1.92. The summed E-state index contributed by atoms with van der Waals surface area (Å²) >= 11 is 0. The van der Waals surface area contributed by atoms with Gasteiger partial charge in [-0.1, -0.05) is 18.2 Å². The van der Waals surface area contributed by atoms with Gasteiger partial charge >= 0.3 is 0 Å². The number of rotatable bonds is 4. The predicted octanol–water partition coefficient (Wildman–Crippen LogP) is 0.625. The average Bonchev–Trinajstić information content (AvgIpc) is 2.93. The van der Waals surface area contributed by atoms with E-state index in [2.05, 4.69) is 0 Å². The summed E-state index contributed by atoms with van der Waals surface area (Å²) in [6.45, 7) is 1.29. The molecule has 2 amide bonds. The van der Waals surface area contributed by atoms with E-state index in [1.165, 1.54) is 4.90 Å². The van der Waals surface area contributed by atoms with Gasteiger partial charge in [0.15, 0.2) is 0 Å². The Morgan fingerprint density at radius 3 is 2.73 bits per heavy atom. The molecular formula is C16H20N2O4. The lowest BCUT2D eigenvalue weighted by atomic mass is 10.1. The van der Waals surface area contributed by atoms with Gasteiger partial charge in [-0.3, -0.25) is 14.5 Å². The Morgan fingerprint density at radius 2 is 2.00 bits per heavy atom. The molecule has 2 aliphatic rings. The van der Waals surface area contributed by atoms with Gasteiger partial charge in [0.05, 0.1) is 6.10 Å². The van der Waals surface area contributed by atoms with Crippen molar-refractivity contribution in [3.63, 3.8) is 0 Å². The first-order valence-corrected chi connectivity index (χ1v) is 7.55. The summed E-state index contributed by atoms with van der Waals surface area (Å²) in [6.07, 6.45) is 2.10. The lowest BCUT2D eigenvalue weighted by Crippen LogP contribution is -2.47. The number of hydrogen-bond acceptors (Lipinski definition) is 4. The maximum Gasteiger partial charge on any atom is 0.253 e. The molecule has 1 fully saturated rings. The van der Waals surface area contributed by atoms with E-state index in [4.69, 9.17) is 15.2 Å². The molecule has 0 spiro atoms. The number of nitrogens with two attached hydrogens (primary N) is 1. The van der Waals surface area contributed by atoms with Crippen molar-refractivity contribution >= 4 is 17.5 Å². The van der Waals surface area contributed by atoms with Crippen molar-refractivity contribution in [3.8, 4) is 0 Å². The van der Waals surface area contributed by atoms with E-state index in [-0.39, 0.29) is 18.6 Å². The third-order valence-electron chi connectivity index (χ3n) is 4.18. The van der Waals surface area contributed by atoms with E-state index < -0.39 is 11.9 Å². The molecule has 0 bridgehead atoms. The zero-order chi connectivity index (χ0) is 15.5. The SMILES string of the molecule is NC(=O)[C@@H]1Cc2ccccc2N1C(=O)COC1CCOCC1. The van der Waals surface area contributed by atoms with Crippen molar-refractivity contribution in [3.05, 3.63) is 29.8 Å². The molecule has 22 heavy (non-hydrogen) atoms. The maximum atomic E-state index is 12.5. The van der Waals surface area contributed by atoms with E-state index in [0.29, 0.717) is 19.6 Å². The monoisotopic (exact) mass is 304 g/mol. The van der Waals surface area contributed by atoms with Crippen LogP contribution in [0, 0.1) is 0 Å². The molecule has 6 nitrogen and oxygen atoms in total. The molecule has 0 unspecified atom stereocenters. The van der Waals surface area contributed by atoms with Crippen LogP contribution in [0.4, 0.5) is 5.69 Å². The Morgan fingerprint density at radius 1 is 1.27 bits per heavy atom. The molecule has 0 saturated carbocycles. The van der Waals surface area contributed by atoms with E-state index in [1.807, 2.05) is 24.3 Å². The normalized spacial score (nSPS) is 21.6. The van der Waals surface area contributed by atoms with E-state index in [0.717, 1.165) is 24.1 Å². The van der Waals surface area contributed by atoms with Crippen LogP contribution in [0.2, 0.25) is 0 Å². The summed E-state index contributed by atoms with van der Waals surface area (Å²) in [6, 6.07) is 6.87. The number of carbonyl (C=O) groups is 2. The highest BCUT2D eigenvalue weighted by Gasteiger charge is 2.37. The molecule has 1 aromatic carbocycles. The number of ether oxygens (including phenoxy) is 2. The molecular weight excluding hydrogens is 284 g/mol. The number of nitrogens with zero attached hydrogens (tertiary/aromatic N) is 1. The van der Waals surface area contributed by atoms with Crippen molar-refractivity contribution in [1.82, 2.24) is 0 Å². The van der Waals surface area contributed by atoms with E-state index in [9.17, 15) is 9.59 Å². The number of para-hydroxylation sites is 1. The van der Waals surface area contributed by atoms with Gasteiger partial charge in [-0.15, -0.1) is 0 Å².